The number of hydrogen-bond donors (Lipinski definition) is 4. The molecule has 64 heavy (non-hydrogen) atoms. The number of amides is 2. The normalized spacial score (nSPS) is 13.3. The Hall–Kier alpha value is -5.85. The number of phenolic OH excluding ortho intramolecular Hbond substituents is 1. The molecule has 1 unspecified atom stereocenters. The van der Waals surface area contributed by atoms with E-state index >= 15 is 0 Å². The Kier molecular flexibility index (Phi) is 15.5. The van der Waals surface area contributed by atoms with E-state index < -0.39 is 38.9 Å². The van der Waals surface area contributed by atoms with Crippen LogP contribution in [0.15, 0.2) is 128 Å². The number of hydrogen-bond acceptors (Lipinski definition) is 6. The summed E-state index contributed by atoms with van der Waals surface area (Å²) in [5, 5.41) is 23.3. The molecule has 4 N–H and O–H groups in total. The van der Waals surface area contributed by atoms with Crippen LogP contribution in [0.25, 0.3) is 43.4 Å². The van der Waals surface area contributed by atoms with E-state index in [-0.39, 0.29) is 54.8 Å². The van der Waals surface area contributed by atoms with Crippen LogP contribution in [0.4, 0.5) is 10.1 Å². The molecule has 9 nitrogen and oxygen atoms in total. The molecular weight excluding hydrogens is 871 g/mol. The van der Waals surface area contributed by atoms with Gasteiger partial charge in [-0.3, -0.25) is 14.6 Å². The van der Waals surface area contributed by atoms with Crippen molar-refractivity contribution in [1.82, 2.24) is 15.0 Å². The van der Waals surface area contributed by atoms with E-state index in [1.54, 1.807) is 18.5 Å². The molecule has 1 aliphatic carbocycles. The van der Waals surface area contributed by atoms with Gasteiger partial charge in [0.05, 0.1) is 5.69 Å². The third-order valence-electron chi connectivity index (χ3n) is 12.0. The van der Waals surface area contributed by atoms with Crippen LogP contribution < -0.4 is 15.4 Å². The van der Waals surface area contributed by atoms with Crippen molar-refractivity contribution in [2.24, 2.45) is 0 Å². The molecule has 2 atom stereocenters. The van der Waals surface area contributed by atoms with Gasteiger partial charge in [-0.1, -0.05) is 91.0 Å². The van der Waals surface area contributed by atoms with E-state index in [0.29, 0.717) is 30.4 Å². The number of aryl methyl sites for hydroxylation is 2. The molecule has 0 saturated heterocycles. The van der Waals surface area contributed by atoms with Crippen molar-refractivity contribution >= 4 is 84.7 Å². The van der Waals surface area contributed by atoms with Crippen LogP contribution in [0.1, 0.15) is 72.1 Å². The minimum atomic E-state index is -4.03. The van der Waals surface area contributed by atoms with Crippen molar-refractivity contribution in [3.05, 3.63) is 162 Å². The van der Waals surface area contributed by atoms with E-state index in [1.807, 2.05) is 48.5 Å². The van der Waals surface area contributed by atoms with E-state index in [9.17, 15) is 27.5 Å². The SMILES string of the molecule is C=CC(c1ccccc1F)S(=O)(=O)NCCCC[C@H](NC(C)=O)C(=O)Nc1c(O)c(-c2cc3c4c(ccc3c3ccccc23)CCCC4)c2ccccc2c1Cc1cccnc1.Cl.Cl. The second-order valence-corrected chi connectivity index (χ2v) is 17.9. The first-order chi connectivity index (χ1) is 30.1. The number of sulfonamides is 1. The number of unbranched alkanes of at least 4 members (excludes halogenated alkanes) is 1. The van der Waals surface area contributed by atoms with Gasteiger partial charge in [-0.15, -0.1) is 31.4 Å². The van der Waals surface area contributed by atoms with Crippen LogP contribution in [0, 0.1) is 5.82 Å². The molecule has 0 aliphatic heterocycles. The maximum absolute atomic E-state index is 14.5. The van der Waals surface area contributed by atoms with Gasteiger partial charge in [0.25, 0.3) is 0 Å². The summed E-state index contributed by atoms with van der Waals surface area (Å²) in [6.45, 7) is 4.96. The molecule has 332 valence electrons. The number of halogens is 3. The predicted octanol–water partition coefficient (Wildman–Crippen LogP) is 10.8. The number of nitrogens with one attached hydrogen (secondary N) is 3. The van der Waals surface area contributed by atoms with Crippen molar-refractivity contribution in [1.29, 1.82) is 0 Å². The first-order valence-electron chi connectivity index (χ1n) is 21.1. The zero-order valence-corrected chi connectivity index (χ0v) is 37.9. The zero-order valence-electron chi connectivity index (χ0n) is 35.4. The van der Waals surface area contributed by atoms with E-state index in [1.165, 1.54) is 42.3 Å². The standard InChI is InChI=1S/C51H49FN4O5S.2ClH/c1-3-47(41-22-10-11-23-45(41)52)62(60,61)54-28-13-12-24-46(55-32(2)57)51(59)56-49-44(29-33-15-14-27-53-31-33)38-20-8-9-21-40(38)48(50(49)58)43-30-42-35-17-5-4-16-34(35)25-26-39(42)36-18-6-7-19-37(36)43;;/h3,6-11,14-15,18-23,25-27,30-31,46-47,54,58H,1,4-5,12-13,16-17,24,28-29H2,2H3,(H,55,57)(H,56,59);2*1H/t46-,47?;;/m0../s1. The first kappa shape index (κ1) is 47.6. The summed E-state index contributed by atoms with van der Waals surface area (Å²) in [7, 11) is -4.03. The van der Waals surface area contributed by atoms with Crippen molar-refractivity contribution < 1.29 is 27.5 Å². The largest absolute Gasteiger partial charge is 0.505 e. The third-order valence-corrected chi connectivity index (χ3v) is 13.7. The molecule has 1 aliphatic rings. The van der Waals surface area contributed by atoms with Gasteiger partial charge >= 0.3 is 0 Å². The Balaban J connectivity index is 0.00000340. The van der Waals surface area contributed by atoms with Gasteiger partial charge in [0, 0.05) is 43.4 Å². The highest BCUT2D eigenvalue weighted by molar-refractivity contribution is 7.89. The van der Waals surface area contributed by atoms with Gasteiger partial charge in [0.2, 0.25) is 21.8 Å². The lowest BCUT2D eigenvalue weighted by Crippen LogP contribution is -2.43. The van der Waals surface area contributed by atoms with Crippen molar-refractivity contribution in [2.45, 2.75) is 69.6 Å². The molecule has 0 fully saturated rings. The number of phenols is 1. The summed E-state index contributed by atoms with van der Waals surface area (Å²) in [6, 6.07) is 31.2. The molecular formula is C51H51Cl2FN4O5S. The summed E-state index contributed by atoms with van der Waals surface area (Å²) in [6.07, 6.45) is 10.1. The van der Waals surface area contributed by atoms with Gasteiger partial charge in [0.1, 0.15) is 22.9 Å². The molecule has 6 aromatic carbocycles. The maximum Gasteiger partial charge on any atom is 0.247 e. The van der Waals surface area contributed by atoms with E-state index in [4.69, 9.17) is 0 Å². The molecule has 1 heterocycles. The van der Waals surface area contributed by atoms with Gasteiger partial charge < -0.3 is 15.7 Å². The van der Waals surface area contributed by atoms with Crippen LogP contribution in [-0.2, 0) is 38.9 Å². The molecule has 7 aromatic rings. The smallest absolute Gasteiger partial charge is 0.247 e. The number of anilines is 1. The highest BCUT2D eigenvalue weighted by atomic mass is 35.5. The Morgan fingerprint density at radius 3 is 2.25 bits per heavy atom. The average molecular weight is 922 g/mol. The second kappa shape index (κ2) is 20.8. The minimum Gasteiger partial charge on any atom is -0.505 e. The highest BCUT2D eigenvalue weighted by Crippen LogP contribution is 2.49. The number of pyridine rings is 1. The van der Waals surface area contributed by atoms with Crippen LogP contribution in [0.5, 0.6) is 5.75 Å². The number of carbonyl (C=O) groups is 2. The molecule has 8 rings (SSSR count). The van der Waals surface area contributed by atoms with Gasteiger partial charge in [-0.05, 0) is 123 Å². The van der Waals surface area contributed by atoms with Crippen molar-refractivity contribution in [3.8, 4) is 16.9 Å². The highest BCUT2D eigenvalue weighted by Gasteiger charge is 2.29. The summed E-state index contributed by atoms with van der Waals surface area (Å²) in [5.74, 6) is -1.69. The number of fused-ring (bicyclic) bond motifs is 6. The molecule has 1 aromatic heterocycles. The quantitative estimate of drug-likeness (QED) is 0.0350. The Morgan fingerprint density at radius 1 is 0.844 bits per heavy atom. The summed E-state index contributed by atoms with van der Waals surface area (Å²) < 4.78 is 43.4. The minimum absolute atomic E-state index is 0. The molecule has 0 bridgehead atoms. The second-order valence-electron chi connectivity index (χ2n) is 16.0. The Labute approximate surface area is 385 Å². The number of benzene rings is 6. The molecule has 0 spiro atoms. The molecule has 13 heteroatoms. The fourth-order valence-electron chi connectivity index (χ4n) is 9.06. The topological polar surface area (TPSA) is 137 Å². The van der Waals surface area contributed by atoms with Gasteiger partial charge in [0.15, 0.2) is 0 Å². The van der Waals surface area contributed by atoms with Gasteiger partial charge in [-0.25, -0.2) is 17.5 Å². The lowest BCUT2D eigenvalue weighted by Gasteiger charge is -2.24. The number of aromatic hydroxyl groups is 1. The predicted molar refractivity (Wildman–Crippen MR) is 261 cm³/mol. The zero-order chi connectivity index (χ0) is 43.4. The lowest BCUT2D eigenvalue weighted by atomic mass is 9.83. The van der Waals surface area contributed by atoms with Crippen molar-refractivity contribution in [2.75, 3.05) is 11.9 Å². The monoisotopic (exact) mass is 920 g/mol. The third kappa shape index (κ3) is 9.78. The van der Waals surface area contributed by atoms with Crippen LogP contribution in [0.3, 0.4) is 0 Å². The molecule has 0 saturated carbocycles. The van der Waals surface area contributed by atoms with Gasteiger partial charge in [-0.2, -0.15) is 0 Å². The summed E-state index contributed by atoms with van der Waals surface area (Å²) in [4.78, 5) is 31.3. The fraction of sp³-hybridized carbons (Fsp3) is 0.235. The first-order valence-corrected chi connectivity index (χ1v) is 22.7. The number of aromatic nitrogens is 1. The Morgan fingerprint density at radius 2 is 1.53 bits per heavy atom. The lowest BCUT2D eigenvalue weighted by molar-refractivity contribution is -0.125. The van der Waals surface area contributed by atoms with E-state index in [0.717, 1.165) is 69.1 Å². The number of carbonyl (C=O) groups excluding carboxylic acids is 2. The van der Waals surface area contributed by atoms with E-state index in [2.05, 4.69) is 57.3 Å². The number of rotatable bonds is 15. The molecule has 2 amide bonds. The van der Waals surface area contributed by atoms with Crippen LogP contribution in [0.2, 0.25) is 0 Å². The summed E-state index contributed by atoms with van der Waals surface area (Å²) >= 11 is 0. The van der Waals surface area contributed by atoms with Crippen LogP contribution in [-0.4, -0.2) is 42.9 Å². The fourth-order valence-corrected chi connectivity index (χ4v) is 10.4. The summed E-state index contributed by atoms with van der Waals surface area (Å²) in [5.41, 5.74) is 5.91. The maximum atomic E-state index is 14.5. The average Bonchev–Trinajstić information content (AvgIpc) is 3.28. The molecule has 0 radical (unpaired) electrons. The van der Waals surface area contributed by atoms with Crippen LogP contribution >= 0.6 is 24.8 Å². The number of nitrogens with zero attached hydrogens (tertiary/aromatic N) is 1. The van der Waals surface area contributed by atoms with Crippen molar-refractivity contribution in [3.63, 3.8) is 0 Å². The Bertz CT molecular complexity index is 2970.